The highest BCUT2D eigenvalue weighted by Gasteiger charge is 2.44. The van der Waals surface area contributed by atoms with Crippen molar-refractivity contribution in [1.82, 2.24) is 29.6 Å². The average molecular weight is 880 g/mol. The third-order valence-electron chi connectivity index (χ3n) is 11.7. The molecule has 6 rings (SSSR count). The first-order valence-electron chi connectivity index (χ1n) is 20.6. The Kier molecular flexibility index (Phi) is 14.8. The standard InChI is InChI=1S/C42H55BrN8O8/c1-48-35-22-26(10-15-32(35)51(42(48)58)34-17-19-37(53)47-40(34)56)6-4-2-3-5-7-38(54)49-21-20-30-14-16-33(50(30)41(57)31(44)23-49)39(55)46-29(13-18-36(45)52)25-59-24-27-8-11-28(43)12-9-27/h8-12,15,22,29-31,33-34H,2-7,13-14,16-21,23-25,44H2,1H3,(H2,45,52)(H,46,55)(H,47,53,56)/t29-,30+,31-,33-,34?/m0/s1. The number of rotatable bonds is 17. The van der Waals surface area contributed by atoms with Crippen molar-refractivity contribution in [2.75, 3.05) is 19.7 Å². The second-order valence-corrected chi connectivity index (χ2v) is 16.9. The monoisotopic (exact) mass is 878 g/mol. The van der Waals surface area contributed by atoms with Crippen LogP contribution in [-0.4, -0.2) is 98.2 Å². The number of imide groups is 1. The molecule has 6 amide bonds. The van der Waals surface area contributed by atoms with E-state index in [1.807, 2.05) is 42.5 Å². The number of aromatic nitrogens is 2. The molecule has 17 heteroatoms. The summed E-state index contributed by atoms with van der Waals surface area (Å²) in [6, 6.07) is 10.4. The lowest BCUT2D eigenvalue weighted by atomic mass is 10.0. The molecule has 318 valence electrons. The summed E-state index contributed by atoms with van der Waals surface area (Å²) in [4.78, 5) is 92.8. The van der Waals surface area contributed by atoms with Gasteiger partial charge in [-0.15, -0.1) is 0 Å². The molecule has 1 unspecified atom stereocenters. The van der Waals surface area contributed by atoms with Crippen molar-refractivity contribution >= 4 is 62.4 Å². The van der Waals surface area contributed by atoms with E-state index in [1.165, 1.54) is 9.13 Å². The minimum atomic E-state index is -0.965. The highest BCUT2D eigenvalue weighted by atomic mass is 79.9. The maximum absolute atomic E-state index is 13.7. The van der Waals surface area contributed by atoms with Crippen LogP contribution >= 0.6 is 15.9 Å². The molecule has 2 aromatic carbocycles. The number of nitrogens with one attached hydrogen (secondary N) is 2. The fourth-order valence-corrected chi connectivity index (χ4v) is 8.77. The van der Waals surface area contributed by atoms with Crippen LogP contribution in [-0.2, 0) is 53.6 Å². The summed E-state index contributed by atoms with van der Waals surface area (Å²) in [5, 5.41) is 5.34. The third-order valence-corrected chi connectivity index (χ3v) is 12.3. The lowest BCUT2D eigenvalue weighted by Gasteiger charge is -2.37. The molecule has 3 aliphatic rings. The van der Waals surface area contributed by atoms with Crippen LogP contribution in [0.2, 0.25) is 0 Å². The number of piperidine rings is 1. The van der Waals surface area contributed by atoms with Crippen LogP contribution in [0, 0.1) is 0 Å². The van der Waals surface area contributed by atoms with E-state index in [4.69, 9.17) is 16.2 Å². The predicted molar refractivity (Wildman–Crippen MR) is 222 cm³/mol. The van der Waals surface area contributed by atoms with Gasteiger partial charge in [-0.05, 0) is 86.8 Å². The highest BCUT2D eigenvalue weighted by molar-refractivity contribution is 9.10. The number of carbonyl (C=O) groups excluding carboxylic acids is 6. The van der Waals surface area contributed by atoms with Crippen LogP contribution in [0.15, 0.2) is 51.7 Å². The van der Waals surface area contributed by atoms with E-state index >= 15 is 0 Å². The van der Waals surface area contributed by atoms with E-state index in [1.54, 1.807) is 16.8 Å². The second-order valence-electron chi connectivity index (χ2n) is 16.0. The summed E-state index contributed by atoms with van der Waals surface area (Å²) in [7, 11) is 1.68. The molecule has 16 nitrogen and oxygen atoms in total. The summed E-state index contributed by atoms with van der Waals surface area (Å²) >= 11 is 3.42. The van der Waals surface area contributed by atoms with Gasteiger partial charge in [-0.2, -0.15) is 0 Å². The van der Waals surface area contributed by atoms with Crippen molar-refractivity contribution in [2.45, 2.75) is 120 Å². The van der Waals surface area contributed by atoms with Gasteiger partial charge in [-0.3, -0.25) is 43.2 Å². The lowest BCUT2D eigenvalue weighted by molar-refractivity contribution is -0.145. The number of imidazole rings is 1. The lowest BCUT2D eigenvalue weighted by Crippen LogP contribution is -2.59. The zero-order valence-corrected chi connectivity index (χ0v) is 35.1. The van der Waals surface area contributed by atoms with Gasteiger partial charge in [-0.25, -0.2) is 4.79 Å². The van der Waals surface area contributed by atoms with Crippen LogP contribution in [0.5, 0.6) is 0 Å². The van der Waals surface area contributed by atoms with Gasteiger partial charge >= 0.3 is 5.69 Å². The number of carbonyl (C=O) groups is 6. The Hall–Kier alpha value is -4.87. The molecule has 0 saturated carbocycles. The minimum absolute atomic E-state index is 0.0404. The summed E-state index contributed by atoms with van der Waals surface area (Å²) in [5.41, 5.74) is 14.9. The summed E-state index contributed by atoms with van der Waals surface area (Å²) in [5.74, 6) is -1.98. The quantitative estimate of drug-likeness (QED) is 0.115. The molecular weight excluding hydrogens is 824 g/mol. The number of unbranched alkanes of at least 4 members (excludes halogenated alkanes) is 3. The molecule has 0 radical (unpaired) electrons. The van der Waals surface area contributed by atoms with Crippen LogP contribution < -0.4 is 27.8 Å². The molecule has 1 aromatic heterocycles. The number of hydrogen-bond acceptors (Lipinski definition) is 9. The first kappa shape index (κ1) is 43.7. The van der Waals surface area contributed by atoms with E-state index in [0.717, 1.165) is 46.8 Å². The number of benzene rings is 2. The van der Waals surface area contributed by atoms with Crippen molar-refractivity contribution < 1.29 is 33.5 Å². The molecule has 0 bridgehead atoms. The summed E-state index contributed by atoms with van der Waals surface area (Å²) < 4.78 is 9.86. The number of aryl methyl sites for hydroxylation is 2. The normalized spacial score (nSPS) is 21.5. The molecule has 5 atom stereocenters. The SMILES string of the molecule is Cn1c(=O)n(C2CCC(=O)NC2=O)c2ccc(CCCCCCC(=O)N3CC[C@H]4CC[C@@H](C(=O)N[C@@H](CCC(N)=O)COCc5ccc(Br)cc5)N4C(=O)[C@@H](N)C3)cc21. The van der Waals surface area contributed by atoms with E-state index < -0.39 is 36.0 Å². The minimum Gasteiger partial charge on any atom is -0.375 e. The zero-order chi connectivity index (χ0) is 42.2. The highest BCUT2D eigenvalue weighted by Crippen LogP contribution is 2.30. The van der Waals surface area contributed by atoms with Gasteiger partial charge in [0.15, 0.2) is 0 Å². The molecule has 0 spiro atoms. The molecule has 3 fully saturated rings. The van der Waals surface area contributed by atoms with Gasteiger partial charge in [0.25, 0.3) is 0 Å². The number of nitrogens with two attached hydrogens (primary N) is 2. The topological polar surface area (TPSA) is 221 Å². The number of amides is 6. The number of fused-ring (bicyclic) bond motifs is 2. The van der Waals surface area contributed by atoms with E-state index in [9.17, 15) is 33.6 Å². The van der Waals surface area contributed by atoms with Gasteiger partial charge in [0.05, 0.1) is 30.3 Å². The first-order valence-corrected chi connectivity index (χ1v) is 21.4. The van der Waals surface area contributed by atoms with Gasteiger partial charge in [0, 0.05) is 49.9 Å². The molecule has 4 heterocycles. The third kappa shape index (κ3) is 10.9. The number of primary amides is 1. The Bertz CT molecular complexity index is 2100. The molecule has 6 N–H and O–H groups in total. The Morgan fingerprint density at radius 2 is 1.68 bits per heavy atom. The van der Waals surface area contributed by atoms with Gasteiger partial charge < -0.3 is 31.3 Å². The predicted octanol–water partition coefficient (Wildman–Crippen LogP) is 2.46. The average Bonchev–Trinajstić information content (AvgIpc) is 3.73. The molecule has 3 aliphatic heterocycles. The van der Waals surface area contributed by atoms with Crippen LogP contribution in [0.25, 0.3) is 11.0 Å². The first-order chi connectivity index (χ1) is 28.3. The van der Waals surface area contributed by atoms with Crippen molar-refractivity contribution in [3.63, 3.8) is 0 Å². The van der Waals surface area contributed by atoms with E-state index in [-0.39, 0.29) is 67.8 Å². The maximum atomic E-state index is 13.7. The zero-order valence-electron chi connectivity index (χ0n) is 33.5. The number of hydrogen-bond donors (Lipinski definition) is 4. The Morgan fingerprint density at radius 1 is 0.932 bits per heavy atom. The Labute approximate surface area is 351 Å². The molecular formula is C42H55BrN8O8. The van der Waals surface area contributed by atoms with Crippen LogP contribution in [0.4, 0.5) is 0 Å². The van der Waals surface area contributed by atoms with Crippen molar-refractivity contribution in [3.8, 4) is 0 Å². The van der Waals surface area contributed by atoms with Gasteiger partial charge in [0.1, 0.15) is 18.1 Å². The number of ether oxygens (including phenoxy) is 1. The number of halogens is 1. The van der Waals surface area contributed by atoms with E-state index in [2.05, 4.69) is 26.6 Å². The van der Waals surface area contributed by atoms with Crippen molar-refractivity contribution in [1.29, 1.82) is 0 Å². The number of nitrogens with zero attached hydrogens (tertiary/aromatic N) is 4. The van der Waals surface area contributed by atoms with Crippen LogP contribution in [0.1, 0.15) is 94.2 Å². The molecule has 3 saturated heterocycles. The molecule has 3 aromatic rings. The van der Waals surface area contributed by atoms with Gasteiger partial charge in [0.2, 0.25) is 35.4 Å². The molecule has 59 heavy (non-hydrogen) atoms. The fourth-order valence-electron chi connectivity index (χ4n) is 8.51. The van der Waals surface area contributed by atoms with Gasteiger partial charge in [-0.1, -0.05) is 47.0 Å². The molecule has 0 aliphatic carbocycles. The second kappa shape index (κ2) is 19.9. The van der Waals surface area contributed by atoms with E-state index in [0.29, 0.717) is 57.2 Å². The van der Waals surface area contributed by atoms with Crippen molar-refractivity contribution in [2.24, 2.45) is 18.5 Å². The largest absolute Gasteiger partial charge is 0.375 e. The Balaban J connectivity index is 0.946. The summed E-state index contributed by atoms with van der Waals surface area (Å²) in [6.07, 6.45) is 6.93. The Morgan fingerprint density at radius 3 is 2.42 bits per heavy atom. The summed E-state index contributed by atoms with van der Waals surface area (Å²) in [6.45, 7) is 1.01. The maximum Gasteiger partial charge on any atom is 0.329 e. The van der Waals surface area contributed by atoms with Crippen LogP contribution in [0.3, 0.4) is 0 Å². The fraction of sp³-hybridized carbons (Fsp3) is 0.548. The smallest absolute Gasteiger partial charge is 0.329 e. The van der Waals surface area contributed by atoms with Crippen molar-refractivity contribution in [3.05, 3.63) is 68.5 Å².